The van der Waals surface area contributed by atoms with Crippen molar-refractivity contribution >= 4 is 49.8 Å². The van der Waals surface area contributed by atoms with Gasteiger partial charge in [0, 0.05) is 49.9 Å². The van der Waals surface area contributed by atoms with E-state index in [1.54, 1.807) is 0 Å². The number of fused-ring (bicyclic) bond motifs is 10. The first kappa shape index (κ1) is 35.1. The number of nitrogens with zero attached hydrogens (tertiary/aromatic N) is 3. The topological polar surface area (TPSA) is 13.1 Å². The van der Waals surface area contributed by atoms with Gasteiger partial charge in [0.15, 0.2) is 0 Å². The van der Waals surface area contributed by atoms with Crippen molar-refractivity contribution < 1.29 is 0 Å². The predicted octanol–water partition coefficient (Wildman–Crippen LogP) is 15.8. The Morgan fingerprint density at radius 3 is 1.48 bits per heavy atom. The molecule has 0 saturated carbocycles. The maximum atomic E-state index is 2.46. The van der Waals surface area contributed by atoms with E-state index >= 15 is 0 Å². The molecule has 288 valence electrons. The molecule has 0 bridgehead atoms. The normalized spacial score (nSPS) is 12.1. The van der Waals surface area contributed by atoms with Gasteiger partial charge in [-0.2, -0.15) is 0 Å². The van der Waals surface area contributed by atoms with Gasteiger partial charge >= 0.3 is 0 Å². The second kappa shape index (κ2) is 13.9. The van der Waals surface area contributed by atoms with Crippen molar-refractivity contribution in [3.8, 4) is 56.0 Å². The molecule has 0 N–H and O–H groups in total. The summed E-state index contributed by atoms with van der Waals surface area (Å²) >= 11 is 0. The first-order valence-electron chi connectivity index (χ1n) is 21.1. The molecular formula is C58H41N3. The van der Waals surface area contributed by atoms with E-state index in [-0.39, 0.29) is 0 Å². The van der Waals surface area contributed by atoms with Crippen LogP contribution < -0.4 is 4.90 Å². The van der Waals surface area contributed by atoms with E-state index in [2.05, 4.69) is 240 Å². The third kappa shape index (κ3) is 5.44. The quantitative estimate of drug-likeness (QED) is 0.170. The fourth-order valence-corrected chi connectivity index (χ4v) is 10.0. The van der Waals surface area contributed by atoms with E-state index in [1.807, 2.05) is 0 Å². The van der Waals surface area contributed by atoms with Crippen molar-refractivity contribution in [2.24, 2.45) is 0 Å². The number of hydrogen-bond donors (Lipinski definition) is 0. The summed E-state index contributed by atoms with van der Waals surface area (Å²) in [6.45, 7) is 4.49. The molecule has 0 unspecified atom stereocenters. The van der Waals surface area contributed by atoms with Crippen LogP contribution in [0.15, 0.2) is 212 Å². The van der Waals surface area contributed by atoms with Crippen molar-refractivity contribution in [2.45, 2.75) is 13.8 Å². The Hall–Kier alpha value is -7.88. The van der Waals surface area contributed by atoms with Crippen LogP contribution in [0.3, 0.4) is 0 Å². The Morgan fingerprint density at radius 1 is 0.311 bits per heavy atom. The van der Waals surface area contributed by atoms with Crippen LogP contribution in [0.2, 0.25) is 0 Å². The van der Waals surface area contributed by atoms with Crippen LogP contribution in [0.4, 0.5) is 17.1 Å². The third-order valence-electron chi connectivity index (χ3n) is 12.7. The number of rotatable bonds is 5. The molecule has 3 heteroatoms. The molecule has 0 radical (unpaired) electrons. The van der Waals surface area contributed by atoms with Crippen molar-refractivity contribution in [3.63, 3.8) is 0 Å². The van der Waals surface area contributed by atoms with Gasteiger partial charge in [-0.25, -0.2) is 0 Å². The van der Waals surface area contributed by atoms with Crippen LogP contribution in [-0.4, -0.2) is 9.13 Å². The maximum Gasteiger partial charge on any atom is 0.0641 e. The lowest BCUT2D eigenvalue weighted by Crippen LogP contribution is -2.11. The molecule has 2 aromatic heterocycles. The Bertz CT molecular complexity index is 3440. The second-order valence-corrected chi connectivity index (χ2v) is 16.2. The Balaban J connectivity index is 1.01. The summed E-state index contributed by atoms with van der Waals surface area (Å²) in [5.74, 6) is 0. The molecule has 9 aromatic carbocycles. The van der Waals surface area contributed by atoms with E-state index in [9.17, 15) is 0 Å². The highest BCUT2D eigenvalue weighted by atomic mass is 15.2. The number of anilines is 3. The van der Waals surface area contributed by atoms with Crippen molar-refractivity contribution in [1.29, 1.82) is 0 Å². The van der Waals surface area contributed by atoms with E-state index in [0.29, 0.717) is 0 Å². The van der Waals surface area contributed by atoms with Gasteiger partial charge in [0.05, 0.1) is 33.6 Å². The zero-order valence-corrected chi connectivity index (χ0v) is 34.0. The van der Waals surface area contributed by atoms with Crippen LogP contribution in [0.1, 0.15) is 11.1 Å². The maximum absolute atomic E-state index is 2.46. The monoisotopic (exact) mass is 779 g/mol. The van der Waals surface area contributed by atoms with Gasteiger partial charge < -0.3 is 14.0 Å². The molecule has 3 nitrogen and oxygen atoms in total. The van der Waals surface area contributed by atoms with E-state index < -0.39 is 0 Å². The Kier molecular flexibility index (Phi) is 7.98. The minimum absolute atomic E-state index is 1.13. The third-order valence-corrected chi connectivity index (χ3v) is 12.7. The van der Waals surface area contributed by atoms with Gasteiger partial charge in [0.1, 0.15) is 0 Å². The predicted molar refractivity (Wildman–Crippen MR) is 257 cm³/mol. The fraction of sp³-hybridized carbons (Fsp3) is 0.0345. The van der Waals surface area contributed by atoms with Gasteiger partial charge in [0.2, 0.25) is 0 Å². The van der Waals surface area contributed by atoms with Crippen molar-refractivity contribution in [2.75, 3.05) is 4.90 Å². The van der Waals surface area contributed by atoms with E-state index in [1.165, 1.54) is 94.2 Å². The highest BCUT2D eigenvalue weighted by Crippen LogP contribution is 2.55. The molecule has 1 aliphatic heterocycles. The molecule has 3 heterocycles. The summed E-state index contributed by atoms with van der Waals surface area (Å²) < 4.78 is 4.86. The van der Waals surface area contributed by atoms with Crippen LogP contribution in [0.25, 0.3) is 88.7 Å². The summed E-state index contributed by atoms with van der Waals surface area (Å²) in [6, 6.07) is 77.8. The molecule has 11 aromatic rings. The second-order valence-electron chi connectivity index (χ2n) is 16.2. The van der Waals surface area contributed by atoms with Crippen LogP contribution in [0, 0.1) is 13.8 Å². The zero-order chi connectivity index (χ0) is 40.6. The summed E-state index contributed by atoms with van der Waals surface area (Å²) in [7, 11) is 0. The van der Waals surface area contributed by atoms with Crippen molar-refractivity contribution in [1.82, 2.24) is 9.13 Å². The lowest BCUT2D eigenvalue weighted by Gasteiger charge is -2.28. The van der Waals surface area contributed by atoms with Gasteiger partial charge in [0.25, 0.3) is 0 Å². The zero-order valence-electron chi connectivity index (χ0n) is 34.0. The summed E-state index contributed by atoms with van der Waals surface area (Å²) in [6.07, 6.45) is 0. The SMILES string of the molecule is Cc1cc(-c2ccc3c(c2)N(c2ccccc2)c2ccccc2-c2c-3n(-c3ccccc3)c3ccccc23)ccc1-c1ccc(-n2c3ccccc3c3ccccc32)cc1C. The lowest BCUT2D eigenvalue weighted by atomic mass is 9.92. The number of hydrogen-bond acceptors (Lipinski definition) is 1. The molecule has 0 amide bonds. The molecule has 0 atom stereocenters. The molecule has 0 fully saturated rings. The molecular weight excluding hydrogens is 739 g/mol. The number of aryl methyl sites for hydroxylation is 2. The summed E-state index contributed by atoms with van der Waals surface area (Å²) in [4.78, 5) is 2.46. The largest absolute Gasteiger partial charge is 0.309 e. The van der Waals surface area contributed by atoms with E-state index in [0.717, 1.165) is 22.7 Å². The Labute approximate surface area is 355 Å². The number of aromatic nitrogens is 2. The Morgan fingerprint density at radius 2 is 0.820 bits per heavy atom. The molecule has 12 rings (SSSR count). The van der Waals surface area contributed by atoms with Gasteiger partial charge in [-0.05, 0) is 114 Å². The standard InChI is InChI=1S/C58H41N3/c1-38-35-40(29-32-45(38)46-34-31-44(36-39(46)2)60-52-25-13-9-21-47(52)48-22-10-14-26-53(48)60)41-30-33-51-56(37-41)59(42-17-5-3-6-18-42)54-27-15-11-23-49(54)57-50-24-12-16-28-55(50)61(58(51)57)43-19-7-4-8-20-43/h3-37H,1-2H3. The smallest absolute Gasteiger partial charge is 0.0641 e. The van der Waals surface area contributed by atoms with Crippen LogP contribution in [0.5, 0.6) is 0 Å². The van der Waals surface area contributed by atoms with E-state index in [4.69, 9.17) is 0 Å². The average molecular weight is 780 g/mol. The number of benzene rings is 9. The van der Waals surface area contributed by atoms with Gasteiger partial charge in [-0.1, -0.05) is 146 Å². The average Bonchev–Trinajstić information content (AvgIpc) is 3.79. The van der Waals surface area contributed by atoms with Crippen LogP contribution in [-0.2, 0) is 0 Å². The van der Waals surface area contributed by atoms with Crippen molar-refractivity contribution in [3.05, 3.63) is 223 Å². The first-order valence-corrected chi connectivity index (χ1v) is 21.1. The fourth-order valence-electron chi connectivity index (χ4n) is 10.0. The summed E-state index contributed by atoms with van der Waals surface area (Å²) in [5.41, 5.74) is 21.6. The lowest BCUT2D eigenvalue weighted by molar-refractivity contribution is 1.13. The molecule has 0 spiro atoms. The molecule has 0 aliphatic carbocycles. The number of para-hydroxylation sites is 6. The summed E-state index contributed by atoms with van der Waals surface area (Å²) in [5, 5.41) is 3.79. The minimum atomic E-state index is 1.13. The highest BCUT2D eigenvalue weighted by Gasteiger charge is 2.31. The molecule has 0 saturated heterocycles. The molecule has 61 heavy (non-hydrogen) atoms. The van der Waals surface area contributed by atoms with Gasteiger partial charge in [-0.15, -0.1) is 0 Å². The van der Waals surface area contributed by atoms with Gasteiger partial charge in [-0.3, -0.25) is 0 Å². The first-order chi connectivity index (χ1) is 30.1. The highest BCUT2D eigenvalue weighted by molar-refractivity contribution is 6.13. The minimum Gasteiger partial charge on any atom is -0.309 e. The molecule has 1 aliphatic rings. The van der Waals surface area contributed by atoms with Crippen LogP contribution >= 0.6 is 0 Å².